The van der Waals surface area contributed by atoms with Crippen molar-refractivity contribution in [2.75, 3.05) is 13.2 Å². The van der Waals surface area contributed by atoms with Crippen molar-refractivity contribution in [3.05, 3.63) is 25.3 Å². The minimum atomic E-state index is -0.383. The fourth-order valence-electron chi connectivity index (χ4n) is 2.00. The second-order valence-electron chi connectivity index (χ2n) is 4.21. The van der Waals surface area contributed by atoms with Crippen LogP contribution in [0, 0.1) is 11.8 Å². The molecule has 1 aliphatic rings. The third kappa shape index (κ3) is 4.85. The maximum absolute atomic E-state index is 10.9. The number of carbonyl (C=O) groups excluding carboxylic acids is 2. The molecule has 1 rings (SSSR count). The number of rotatable bonds is 6. The highest BCUT2D eigenvalue weighted by Crippen LogP contribution is 2.31. The molecule has 0 amide bonds. The van der Waals surface area contributed by atoms with E-state index in [0.29, 0.717) is 25.0 Å². The molecule has 0 aliphatic heterocycles. The Bertz CT molecular complexity index is 279. The van der Waals surface area contributed by atoms with Gasteiger partial charge in [-0.1, -0.05) is 13.2 Å². The fourth-order valence-corrected chi connectivity index (χ4v) is 2.00. The summed E-state index contributed by atoms with van der Waals surface area (Å²) in [5, 5.41) is 0. The Balaban J connectivity index is 2.18. The van der Waals surface area contributed by atoms with Crippen LogP contribution in [0.15, 0.2) is 25.3 Å². The summed E-state index contributed by atoms with van der Waals surface area (Å²) in [7, 11) is 0. The van der Waals surface area contributed by atoms with Crippen molar-refractivity contribution in [3.63, 3.8) is 0 Å². The van der Waals surface area contributed by atoms with Crippen molar-refractivity contribution in [2.24, 2.45) is 11.8 Å². The third-order valence-corrected chi connectivity index (χ3v) is 2.91. The molecule has 0 N–H and O–H groups in total. The van der Waals surface area contributed by atoms with Gasteiger partial charge in [0.05, 0.1) is 13.2 Å². The van der Waals surface area contributed by atoms with E-state index in [0.717, 1.165) is 31.4 Å². The van der Waals surface area contributed by atoms with Gasteiger partial charge in [0.2, 0.25) is 0 Å². The van der Waals surface area contributed by atoms with E-state index in [1.54, 1.807) is 0 Å². The first-order valence-electron chi connectivity index (χ1n) is 5.74. The van der Waals surface area contributed by atoms with Gasteiger partial charge in [-0.3, -0.25) is 0 Å². The van der Waals surface area contributed by atoms with Crippen molar-refractivity contribution in [2.45, 2.75) is 19.3 Å². The predicted octanol–water partition coefficient (Wildman–Crippen LogP) is 1.86. The van der Waals surface area contributed by atoms with Crippen LogP contribution in [0.5, 0.6) is 0 Å². The maximum atomic E-state index is 10.9. The molecule has 0 heterocycles. The first-order chi connectivity index (χ1) is 8.15. The van der Waals surface area contributed by atoms with Crippen LogP contribution in [0.4, 0.5) is 0 Å². The molecule has 94 valence electrons. The van der Waals surface area contributed by atoms with E-state index < -0.39 is 0 Å². The molecule has 17 heavy (non-hydrogen) atoms. The molecule has 0 aromatic carbocycles. The molecule has 0 bridgehead atoms. The molecule has 1 fully saturated rings. The van der Waals surface area contributed by atoms with E-state index in [4.69, 9.17) is 9.47 Å². The van der Waals surface area contributed by atoms with Crippen LogP contribution in [0.25, 0.3) is 0 Å². The Labute approximate surface area is 101 Å². The summed E-state index contributed by atoms with van der Waals surface area (Å²) in [6.07, 6.45) is 5.26. The lowest BCUT2D eigenvalue weighted by atomic mass is 10.1. The van der Waals surface area contributed by atoms with Gasteiger partial charge in [0, 0.05) is 12.2 Å². The zero-order valence-electron chi connectivity index (χ0n) is 9.89. The van der Waals surface area contributed by atoms with E-state index >= 15 is 0 Å². The van der Waals surface area contributed by atoms with Crippen LogP contribution in [0.1, 0.15) is 19.3 Å². The smallest absolute Gasteiger partial charge is 0.330 e. The lowest BCUT2D eigenvalue weighted by Gasteiger charge is -2.11. The molecule has 1 saturated carbocycles. The Kier molecular flexibility index (Phi) is 5.46. The summed E-state index contributed by atoms with van der Waals surface area (Å²) in [6, 6.07) is 0. The summed E-state index contributed by atoms with van der Waals surface area (Å²) in [4.78, 5) is 21.8. The number of ether oxygens (including phenoxy) is 2. The van der Waals surface area contributed by atoms with Gasteiger partial charge in [0.1, 0.15) is 0 Å². The van der Waals surface area contributed by atoms with Crippen molar-refractivity contribution in [1.29, 1.82) is 0 Å². The number of esters is 2. The topological polar surface area (TPSA) is 52.6 Å². The average molecular weight is 238 g/mol. The molecule has 0 aromatic heterocycles. The zero-order valence-corrected chi connectivity index (χ0v) is 9.89. The van der Waals surface area contributed by atoms with E-state index in [2.05, 4.69) is 13.2 Å². The largest absolute Gasteiger partial charge is 0.462 e. The van der Waals surface area contributed by atoms with Gasteiger partial charge in [-0.05, 0) is 31.1 Å². The Morgan fingerprint density at radius 3 is 1.76 bits per heavy atom. The highest BCUT2D eigenvalue weighted by atomic mass is 16.5. The van der Waals surface area contributed by atoms with Crippen LogP contribution >= 0.6 is 0 Å². The molecule has 0 aromatic rings. The van der Waals surface area contributed by atoms with Crippen molar-refractivity contribution >= 4 is 11.9 Å². The van der Waals surface area contributed by atoms with Crippen LogP contribution in [0.3, 0.4) is 0 Å². The second kappa shape index (κ2) is 6.89. The maximum Gasteiger partial charge on any atom is 0.330 e. The van der Waals surface area contributed by atoms with E-state index in [1.165, 1.54) is 0 Å². The Morgan fingerprint density at radius 1 is 1.00 bits per heavy atom. The lowest BCUT2D eigenvalue weighted by molar-refractivity contribution is -0.139. The van der Waals surface area contributed by atoms with Crippen molar-refractivity contribution in [1.82, 2.24) is 0 Å². The highest BCUT2D eigenvalue weighted by Gasteiger charge is 2.26. The van der Waals surface area contributed by atoms with Crippen LogP contribution < -0.4 is 0 Å². The van der Waals surface area contributed by atoms with Gasteiger partial charge >= 0.3 is 11.9 Å². The number of carbonyl (C=O) groups is 2. The van der Waals surface area contributed by atoms with Crippen LogP contribution in [-0.4, -0.2) is 25.2 Å². The fraction of sp³-hybridized carbons (Fsp3) is 0.538. The highest BCUT2D eigenvalue weighted by molar-refractivity contribution is 5.81. The quantitative estimate of drug-likeness (QED) is 0.523. The molecule has 0 spiro atoms. The minimum absolute atomic E-state index is 0.367. The van der Waals surface area contributed by atoms with Crippen LogP contribution in [-0.2, 0) is 19.1 Å². The van der Waals surface area contributed by atoms with Crippen molar-refractivity contribution in [3.8, 4) is 0 Å². The monoisotopic (exact) mass is 238 g/mol. The van der Waals surface area contributed by atoms with E-state index in [-0.39, 0.29) is 11.9 Å². The standard InChI is InChI=1S/C13H18O4/c1-3-12(14)16-8-10-5-6-11(7-10)9-17-13(15)4-2/h3-4,10-11H,1-2,5-9H2. The SMILES string of the molecule is C=CC(=O)OCC1CCC(COC(=O)C=C)C1. The van der Waals surface area contributed by atoms with E-state index in [9.17, 15) is 9.59 Å². The molecule has 4 nitrogen and oxygen atoms in total. The summed E-state index contributed by atoms with van der Waals surface area (Å²) in [5.41, 5.74) is 0. The molecule has 2 unspecified atom stereocenters. The average Bonchev–Trinajstić information content (AvgIpc) is 2.80. The van der Waals surface area contributed by atoms with Crippen molar-refractivity contribution < 1.29 is 19.1 Å². The summed E-state index contributed by atoms with van der Waals surface area (Å²) in [6.45, 7) is 7.53. The molecule has 2 atom stereocenters. The molecular formula is C13H18O4. The van der Waals surface area contributed by atoms with Gasteiger partial charge in [0.25, 0.3) is 0 Å². The first kappa shape index (κ1) is 13.5. The van der Waals surface area contributed by atoms with Gasteiger partial charge in [0.15, 0.2) is 0 Å². The predicted molar refractivity (Wildman–Crippen MR) is 63.1 cm³/mol. The lowest BCUT2D eigenvalue weighted by Crippen LogP contribution is -2.13. The molecular weight excluding hydrogens is 220 g/mol. The van der Waals surface area contributed by atoms with Gasteiger partial charge < -0.3 is 9.47 Å². The normalized spacial score (nSPS) is 22.8. The minimum Gasteiger partial charge on any atom is -0.462 e. The Morgan fingerprint density at radius 2 is 1.41 bits per heavy atom. The number of hydrogen-bond donors (Lipinski definition) is 0. The van der Waals surface area contributed by atoms with E-state index in [1.807, 2.05) is 0 Å². The molecule has 1 aliphatic carbocycles. The third-order valence-electron chi connectivity index (χ3n) is 2.91. The summed E-state index contributed by atoms with van der Waals surface area (Å²) >= 11 is 0. The summed E-state index contributed by atoms with van der Waals surface area (Å²) in [5.74, 6) is -0.0317. The second-order valence-corrected chi connectivity index (χ2v) is 4.21. The molecule has 4 heteroatoms. The molecule has 0 radical (unpaired) electrons. The van der Waals surface area contributed by atoms with Gasteiger partial charge in [-0.25, -0.2) is 9.59 Å². The zero-order chi connectivity index (χ0) is 12.7. The van der Waals surface area contributed by atoms with Gasteiger partial charge in [-0.15, -0.1) is 0 Å². The van der Waals surface area contributed by atoms with Gasteiger partial charge in [-0.2, -0.15) is 0 Å². The summed E-state index contributed by atoms with van der Waals surface area (Å²) < 4.78 is 9.98. The first-order valence-corrected chi connectivity index (χ1v) is 5.74. The Hall–Kier alpha value is -1.58. The van der Waals surface area contributed by atoms with Crippen LogP contribution in [0.2, 0.25) is 0 Å². The number of hydrogen-bond acceptors (Lipinski definition) is 4. The molecule has 0 saturated heterocycles.